The van der Waals surface area contributed by atoms with Crippen molar-refractivity contribution in [3.05, 3.63) is 11.6 Å². The molecule has 0 heterocycles. The molecule has 1 fully saturated rings. The summed E-state index contributed by atoms with van der Waals surface area (Å²) >= 11 is 1.91. The summed E-state index contributed by atoms with van der Waals surface area (Å²) in [6, 6.07) is 0. The number of hydrogen-bond acceptors (Lipinski definition) is 2. The van der Waals surface area contributed by atoms with Gasteiger partial charge in [0, 0.05) is 4.75 Å². The second kappa shape index (κ2) is 3.63. The lowest BCUT2D eigenvalue weighted by Crippen LogP contribution is -2.00. The Hall–Kier alpha value is 0.0500. The van der Waals surface area contributed by atoms with E-state index in [-0.39, 0.29) is 6.61 Å². The molecule has 64 valence electrons. The maximum absolute atomic E-state index is 8.94. The van der Waals surface area contributed by atoms with E-state index in [0.717, 1.165) is 6.42 Å². The highest BCUT2D eigenvalue weighted by Crippen LogP contribution is 2.49. The first-order chi connectivity index (χ1) is 5.26. The number of rotatable bonds is 4. The minimum absolute atomic E-state index is 0.235. The van der Waals surface area contributed by atoms with E-state index in [0.29, 0.717) is 4.75 Å². The van der Waals surface area contributed by atoms with Gasteiger partial charge in [0.1, 0.15) is 0 Å². The SMILES string of the molecule is CC/C(=C/C1(SC)CC1)CO. The molecule has 1 aliphatic rings. The van der Waals surface area contributed by atoms with E-state index in [1.807, 2.05) is 11.8 Å². The summed E-state index contributed by atoms with van der Waals surface area (Å²) in [5, 5.41) is 8.94. The van der Waals surface area contributed by atoms with Gasteiger partial charge in [0.25, 0.3) is 0 Å². The van der Waals surface area contributed by atoms with Gasteiger partial charge >= 0.3 is 0 Å². The van der Waals surface area contributed by atoms with Crippen LogP contribution < -0.4 is 0 Å². The molecule has 0 aromatic heterocycles. The largest absolute Gasteiger partial charge is 0.392 e. The monoisotopic (exact) mass is 172 g/mol. The van der Waals surface area contributed by atoms with Crippen LogP contribution >= 0.6 is 11.8 Å². The Morgan fingerprint density at radius 2 is 2.27 bits per heavy atom. The molecular formula is C9H16OS. The van der Waals surface area contributed by atoms with Gasteiger partial charge in [-0.2, -0.15) is 11.8 Å². The van der Waals surface area contributed by atoms with Crippen molar-refractivity contribution in [3.8, 4) is 0 Å². The minimum Gasteiger partial charge on any atom is -0.392 e. The molecular weight excluding hydrogens is 156 g/mol. The third-order valence-corrected chi connectivity index (χ3v) is 3.61. The molecule has 0 unspecified atom stereocenters. The molecule has 0 saturated heterocycles. The van der Waals surface area contributed by atoms with Crippen LogP contribution in [0.5, 0.6) is 0 Å². The Kier molecular flexibility index (Phi) is 3.02. The predicted molar refractivity (Wildman–Crippen MR) is 50.9 cm³/mol. The van der Waals surface area contributed by atoms with Gasteiger partial charge in [-0.3, -0.25) is 0 Å². The van der Waals surface area contributed by atoms with Crippen molar-refractivity contribution in [1.29, 1.82) is 0 Å². The van der Waals surface area contributed by atoms with Crippen LogP contribution in [0.25, 0.3) is 0 Å². The molecule has 0 spiro atoms. The molecule has 1 aliphatic carbocycles. The van der Waals surface area contributed by atoms with Crippen LogP contribution in [0.3, 0.4) is 0 Å². The molecule has 1 N–H and O–H groups in total. The van der Waals surface area contributed by atoms with E-state index in [4.69, 9.17) is 5.11 Å². The Labute approximate surface area is 72.9 Å². The van der Waals surface area contributed by atoms with Gasteiger partial charge in [-0.05, 0) is 31.1 Å². The summed E-state index contributed by atoms with van der Waals surface area (Å²) in [4.78, 5) is 0. The smallest absolute Gasteiger partial charge is 0.0642 e. The van der Waals surface area contributed by atoms with Crippen molar-refractivity contribution in [1.82, 2.24) is 0 Å². The number of thioether (sulfide) groups is 1. The third kappa shape index (κ3) is 2.24. The Bertz CT molecular complexity index is 153. The van der Waals surface area contributed by atoms with Crippen molar-refractivity contribution >= 4 is 11.8 Å². The maximum Gasteiger partial charge on any atom is 0.0642 e. The Morgan fingerprint density at radius 1 is 1.64 bits per heavy atom. The summed E-state index contributed by atoms with van der Waals surface area (Å²) in [5.74, 6) is 0. The quantitative estimate of drug-likeness (QED) is 0.656. The summed E-state index contributed by atoms with van der Waals surface area (Å²) in [5.41, 5.74) is 1.19. The average Bonchev–Trinajstić information content (AvgIpc) is 2.81. The highest BCUT2D eigenvalue weighted by atomic mass is 32.2. The van der Waals surface area contributed by atoms with E-state index in [1.165, 1.54) is 18.4 Å². The lowest BCUT2D eigenvalue weighted by atomic mass is 10.1. The van der Waals surface area contributed by atoms with Crippen LogP contribution in [0.2, 0.25) is 0 Å². The maximum atomic E-state index is 8.94. The molecule has 2 heteroatoms. The second-order valence-electron chi connectivity index (χ2n) is 3.08. The van der Waals surface area contributed by atoms with Gasteiger partial charge in [-0.25, -0.2) is 0 Å². The molecule has 11 heavy (non-hydrogen) atoms. The molecule has 0 bridgehead atoms. The van der Waals surface area contributed by atoms with E-state index in [2.05, 4.69) is 19.3 Å². The second-order valence-corrected chi connectivity index (χ2v) is 4.30. The zero-order valence-electron chi connectivity index (χ0n) is 7.26. The molecule has 0 radical (unpaired) electrons. The minimum atomic E-state index is 0.235. The summed E-state index contributed by atoms with van der Waals surface area (Å²) in [6.07, 6.45) is 7.97. The fourth-order valence-electron chi connectivity index (χ4n) is 1.16. The molecule has 1 saturated carbocycles. The van der Waals surface area contributed by atoms with Gasteiger partial charge in [0.15, 0.2) is 0 Å². The predicted octanol–water partition coefficient (Wildman–Crippen LogP) is 2.21. The molecule has 1 nitrogen and oxygen atoms in total. The number of hydrogen-bond donors (Lipinski definition) is 1. The topological polar surface area (TPSA) is 20.2 Å². The lowest BCUT2D eigenvalue weighted by Gasteiger charge is -2.07. The van der Waals surface area contributed by atoms with Crippen molar-refractivity contribution in [2.45, 2.75) is 30.9 Å². The Morgan fingerprint density at radius 3 is 2.55 bits per heavy atom. The summed E-state index contributed by atoms with van der Waals surface area (Å²) in [7, 11) is 0. The molecule has 0 aliphatic heterocycles. The fourth-order valence-corrected chi connectivity index (χ4v) is 1.96. The van der Waals surface area contributed by atoms with Crippen LogP contribution in [-0.2, 0) is 0 Å². The molecule has 0 amide bonds. The van der Waals surface area contributed by atoms with E-state index < -0.39 is 0 Å². The zero-order chi connectivity index (χ0) is 8.32. The summed E-state index contributed by atoms with van der Waals surface area (Å²) in [6.45, 7) is 2.33. The fraction of sp³-hybridized carbons (Fsp3) is 0.778. The van der Waals surface area contributed by atoms with Crippen LogP contribution in [0, 0.1) is 0 Å². The highest BCUT2D eigenvalue weighted by molar-refractivity contribution is 8.00. The summed E-state index contributed by atoms with van der Waals surface area (Å²) < 4.78 is 0.411. The van der Waals surface area contributed by atoms with Crippen LogP contribution in [0.4, 0.5) is 0 Å². The van der Waals surface area contributed by atoms with Gasteiger partial charge in [0.2, 0.25) is 0 Å². The third-order valence-electron chi connectivity index (χ3n) is 2.27. The van der Waals surface area contributed by atoms with Gasteiger partial charge in [-0.1, -0.05) is 13.0 Å². The molecule has 0 aromatic rings. The lowest BCUT2D eigenvalue weighted by molar-refractivity contribution is 0.327. The van der Waals surface area contributed by atoms with Gasteiger partial charge < -0.3 is 5.11 Å². The Balaban J connectivity index is 2.54. The van der Waals surface area contributed by atoms with Crippen LogP contribution in [0.1, 0.15) is 26.2 Å². The first-order valence-corrected chi connectivity index (χ1v) is 5.35. The van der Waals surface area contributed by atoms with Crippen LogP contribution in [-0.4, -0.2) is 22.7 Å². The molecule has 0 atom stereocenters. The van der Waals surface area contributed by atoms with Crippen LogP contribution in [0.15, 0.2) is 11.6 Å². The standard InChI is InChI=1S/C9H16OS/c1-3-8(7-10)6-9(11-2)4-5-9/h6,10H,3-5,7H2,1-2H3/b8-6-. The highest BCUT2D eigenvalue weighted by Gasteiger charge is 2.39. The van der Waals surface area contributed by atoms with Gasteiger partial charge in [0.05, 0.1) is 6.61 Å². The van der Waals surface area contributed by atoms with E-state index in [1.54, 1.807) is 0 Å². The number of aliphatic hydroxyl groups is 1. The van der Waals surface area contributed by atoms with Gasteiger partial charge in [-0.15, -0.1) is 0 Å². The van der Waals surface area contributed by atoms with E-state index in [9.17, 15) is 0 Å². The number of aliphatic hydroxyl groups excluding tert-OH is 1. The van der Waals surface area contributed by atoms with Crippen molar-refractivity contribution in [2.75, 3.05) is 12.9 Å². The molecule has 1 rings (SSSR count). The zero-order valence-corrected chi connectivity index (χ0v) is 8.08. The average molecular weight is 172 g/mol. The first-order valence-electron chi connectivity index (χ1n) is 4.13. The van der Waals surface area contributed by atoms with Crippen molar-refractivity contribution < 1.29 is 5.11 Å². The normalized spacial score (nSPS) is 21.9. The van der Waals surface area contributed by atoms with E-state index >= 15 is 0 Å². The molecule has 0 aromatic carbocycles. The van der Waals surface area contributed by atoms with Crippen molar-refractivity contribution in [3.63, 3.8) is 0 Å². The first kappa shape index (κ1) is 9.14. The van der Waals surface area contributed by atoms with Crippen molar-refractivity contribution in [2.24, 2.45) is 0 Å².